The van der Waals surface area contributed by atoms with Crippen LogP contribution in [-0.4, -0.2) is 11.1 Å². The summed E-state index contributed by atoms with van der Waals surface area (Å²) in [5, 5.41) is 3.64. The maximum absolute atomic E-state index is 3.64. The smallest absolute Gasteiger partial charge is 0.0359 e. The van der Waals surface area contributed by atoms with Gasteiger partial charge in [0.1, 0.15) is 0 Å². The van der Waals surface area contributed by atoms with Crippen LogP contribution in [0.3, 0.4) is 0 Å². The Hall–Kier alpha value is -0.760. The predicted molar refractivity (Wildman–Crippen MR) is 68.3 cm³/mol. The molecule has 2 nitrogen and oxygen atoms in total. The van der Waals surface area contributed by atoms with Gasteiger partial charge < -0.3 is 9.88 Å². The average Bonchev–Trinajstić information content (AvgIpc) is 2.90. The summed E-state index contributed by atoms with van der Waals surface area (Å²) < 4.78 is 2.19. The van der Waals surface area contributed by atoms with Crippen LogP contribution in [0.25, 0.3) is 0 Å². The van der Waals surface area contributed by atoms with Gasteiger partial charge in [-0.15, -0.1) is 0 Å². The van der Waals surface area contributed by atoms with Gasteiger partial charge >= 0.3 is 0 Å². The molecule has 2 rings (SSSR count). The Labute approximate surface area is 99.0 Å². The number of nitrogens with one attached hydrogen (secondary N) is 1. The van der Waals surface area contributed by atoms with E-state index in [-0.39, 0.29) is 0 Å². The quantitative estimate of drug-likeness (QED) is 0.807. The SMILES string of the molecule is CCC1(CNCc2cccn2C)CCCC1. The summed E-state index contributed by atoms with van der Waals surface area (Å²) in [6.45, 7) is 4.54. The Morgan fingerprint density at radius 3 is 2.69 bits per heavy atom. The number of nitrogens with zero attached hydrogens (tertiary/aromatic N) is 1. The van der Waals surface area contributed by atoms with Crippen molar-refractivity contribution >= 4 is 0 Å². The van der Waals surface area contributed by atoms with Crippen molar-refractivity contribution in [2.24, 2.45) is 12.5 Å². The topological polar surface area (TPSA) is 17.0 Å². The first-order valence-electron chi connectivity index (χ1n) is 6.57. The van der Waals surface area contributed by atoms with Crippen molar-refractivity contribution in [1.82, 2.24) is 9.88 Å². The van der Waals surface area contributed by atoms with Crippen molar-refractivity contribution in [1.29, 1.82) is 0 Å². The monoisotopic (exact) mass is 220 g/mol. The zero-order valence-corrected chi connectivity index (χ0v) is 10.6. The van der Waals surface area contributed by atoms with E-state index < -0.39 is 0 Å². The summed E-state index contributed by atoms with van der Waals surface area (Å²) in [7, 11) is 2.11. The third-order valence-corrected chi connectivity index (χ3v) is 4.27. The van der Waals surface area contributed by atoms with E-state index in [1.165, 1.54) is 44.3 Å². The van der Waals surface area contributed by atoms with Crippen LogP contribution in [0.4, 0.5) is 0 Å². The summed E-state index contributed by atoms with van der Waals surface area (Å²) in [6.07, 6.45) is 9.14. The molecule has 0 bridgehead atoms. The molecule has 0 unspecified atom stereocenters. The van der Waals surface area contributed by atoms with E-state index >= 15 is 0 Å². The minimum absolute atomic E-state index is 0.602. The highest BCUT2D eigenvalue weighted by Crippen LogP contribution is 2.40. The fourth-order valence-corrected chi connectivity index (χ4v) is 2.92. The third-order valence-electron chi connectivity index (χ3n) is 4.27. The van der Waals surface area contributed by atoms with Gasteiger partial charge in [0, 0.05) is 32.0 Å². The number of rotatable bonds is 5. The highest BCUT2D eigenvalue weighted by Gasteiger charge is 2.31. The molecule has 0 aliphatic heterocycles. The molecule has 1 aromatic rings. The normalized spacial score (nSPS) is 19.1. The molecule has 1 aliphatic carbocycles. The molecule has 1 fully saturated rings. The molecule has 0 atom stereocenters. The fourth-order valence-electron chi connectivity index (χ4n) is 2.92. The molecule has 2 heteroatoms. The molecular weight excluding hydrogens is 196 g/mol. The zero-order chi connectivity index (χ0) is 11.4. The van der Waals surface area contributed by atoms with Crippen LogP contribution in [0.2, 0.25) is 0 Å². The van der Waals surface area contributed by atoms with Gasteiger partial charge in [-0.25, -0.2) is 0 Å². The minimum atomic E-state index is 0.602. The van der Waals surface area contributed by atoms with Gasteiger partial charge in [0.15, 0.2) is 0 Å². The Balaban J connectivity index is 1.81. The standard InChI is InChI=1S/C14H24N2/c1-3-14(8-4-5-9-14)12-15-11-13-7-6-10-16(13)2/h6-7,10,15H,3-5,8-9,11-12H2,1-2H3. The second kappa shape index (κ2) is 5.05. The molecule has 90 valence electrons. The van der Waals surface area contributed by atoms with E-state index in [2.05, 4.69) is 42.2 Å². The van der Waals surface area contributed by atoms with Crippen LogP contribution in [0.5, 0.6) is 0 Å². The number of hydrogen-bond acceptors (Lipinski definition) is 1. The Morgan fingerprint density at radius 1 is 1.38 bits per heavy atom. The summed E-state index contributed by atoms with van der Waals surface area (Å²) in [6, 6.07) is 4.31. The second-order valence-corrected chi connectivity index (χ2v) is 5.27. The largest absolute Gasteiger partial charge is 0.353 e. The molecule has 0 saturated heterocycles. The maximum atomic E-state index is 3.64. The third kappa shape index (κ3) is 2.49. The van der Waals surface area contributed by atoms with Crippen LogP contribution < -0.4 is 5.32 Å². The van der Waals surface area contributed by atoms with Crippen molar-refractivity contribution in [3.8, 4) is 0 Å². The first-order valence-corrected chi connectivity index (χ1v) is 6.57. The van der Waals surface area contributed by atoms with Gasteiger partial charge in [-0.1, -0.05) is 19.8 Å². The first-order chi connectivity index (χ1) is 7.76. The minimum Gasteiger partial charge on any atom is -0.353 e. The van der Waals surface area contributed by atoms with Crippen molar-refractivity contribution in [3.05, 3.63) is 24.0 Å². The average molecular weight is 220 g/mol. The second-order valence-electron chi connectivity index (χ2n) is 5.27. The molecule has 16 heavy (non-hydrogen) atoms. The zero-order valence-electron chi connectivity index (χ0n) is 10.6. The van der Waals surface area contributed by atoms with Gasteiger partial charge in [-0.3, -0.25) is 0 Å². The molecule has 1 heterocycles. The summed E-state index contributed by atoms with van der Waals surface area (Å²) >= 11 is 0. The Morgan fingerprint density at radius 2 is 2.12 bits per heavy atom. The van der Waals surface area contributed by atoms with Crippen LogP contribution in [0.1, 0.15) is 44.7 Å². The lowest BCUT2D eigenvalue weighted by atomic mass is 9.83. The molecule has 1 saturated carbocycles. The Bertz CT molecular complexity index is 321. The number of aryl methyl sites for hydroxylation is 1. The van der Waals surface area contributed by atoms with Crippen LogP contribution in [0.15, 0.2) is 18.3 Å². The summed E-state index contributed by atoms with van der Waals surface area (Å²) in [5.74, 6) is 0. The molecule has 1 aromatic heterocycles. The van der Waals surface area contributed by atoms with Gasteiger partial charge in [-0.2, -0.15) is 0 Å². The highest BCUT2D eigenvalue weighted by atomic mass is 15.0. The van der Waals surface area contributed by atoms with E-state index in [0.717, 1.165) is 6.54 Å². The molecule has 0 radical (unpaired) electrons. The molecule has 0 spiro atoms. The molecule has 1 aliphatic rings. The lowest BCUT2D eigenvalue weighted by Crippen LogP contribution is -2.31. The van der Waals surface area contributed by atoms with Gasteiger partial charge in [-0.05, 0) is 36.8 Å². The molecule has 1 N–H and O–H groups in total. The lowest BCUT2D eigenvalue weighted by molar-refractivity contribution is 0.267. The molecule has 0 aromatic carbocycles. The van der Waals surface area contributed by atoms with Crippen molar-refractivity contribution in [2.45, 2.75) is 45.6 Å². The van der Waals surface area contributed by atoms with E-state index in [1.54, 1.807) is 0 Å². The highest BCUT2D eigenvalue weighted by molar-refractivity contribution is 5.06. The number of hydrogen-bond donors (Lipinski definition) is 1. The Kier molecular flexibility index (Phi) is 3.70. The molecule has 0 amide bonds. The fraction of sp³-hybridized carbons (Fsp3) is 0.714. The van der Waals surface area contributed by atoms with Crippen LogP contribution in [0, 0.1) is 5.41 Å². The summed E-state index contributed by atoms with van der Waals surface area (Å²) in [4.78, 5) is 0. The summed E-state index contributed by atoms with van der Waals surface area (Å²) in [5.41, 5.74) is 1.98. The van der Waals surface area contributed by atoms with Crippen LogP contribution in [-0.2, 0) is 13.6 Å². The number of aromatic nitrogens is 1. The predicted octanol–water partition coefficient (Wildman–Crippen LogP) is 3.09. The van der Waals surface area contributed by atoms with E-state index in [9.17, 15) is 0 Å². The van der Waals surface area contributed by atoms with Gasteiger partial charge in [0.25, 0.3) is 0 Å². The van der Waals surface area contributed by atoms with Gasteiger partial charge in [0.05, 0.1) is 0 Å². The lowest BCUT2D eigenvalue weighted by Gasteiger charge is -2.27. The maximum Gasteiger partial charge on any atom is 0.0359 e. The van der Waals surface area contributed by atoms with E-state index in [1.807, 2.05) is 0 Å². The van der Waals surface area contributed by atoms with Gasteiger partial charge in [0.2, 0.25) is 0 Å². The van der Waals surface area contributed by atoms with Crippen molar-refractivity contribution in [2.75, 3.05) is 6.54 Å². The first kappa shape index (κ1) is 11.7. The van der Waals surface area contributed by atoms with E-state index in [0.29, 0.717) is 5.41 Å². The van der Waals surface area contributed by atoms with Crippen molar-refractivity contribution in [3.63, 3.8) is 0 Å². The molecular formula is C14H24N2. The van der Waals surface area contributed by atoms with Crippen LogP contribution >= 0.6 is 0 Å². The van der Waals surface area contributed by atoms with Crippen molar-refractivity contribution < 1.29 is 0 Å². The van der Waals surface area contributed by atoms with E-state index in [4.69, 9.17) is 0 Å².